The van der Waals surface area contributed by atoms with Crippen LogP contribution < -0.4 is 4.72 Å². The molecular formula is C11H16BrNO6S. The molecule has 0 bridgehead atoms. The van der Waals surface area contributed by atoms with Gasteiger partial charge in [0, 0.05) is 26.3 Å². The summed E-state index contributed by atoms with van der Waals surface area (Å²) < 4.78 is 35.9. The van der Waals surface area contributed by atoms with Crippen molar-refractivity contribution in [2.75, 3.05) is 20.3 Å². The molecule has 20 heavy (non-hydrogen) atoms. The maximum absolute atomic E-state index is 12.0. The highest BCUT2D eigenvalue weighted by Crippen LogP contribution is 2.25. The zero-order valence-electron chi connectivity index (χ0n) is 10.9. The molecule has 1 aromatic heterocycles. The summed E-state index contributed by atoms with van der Waals surface area (Å²) in [5.41, 5.74) is 0. The Kier molecular flexibility index (Phi) is 6.66. The van der Waals surface area contributed by atoms with Gasteiger partial charge in [0.1, 0.15) is 4.90 Å². The number of sulfonamides is 1. The fourth-order valence-electron chi connectivity index (χ4n) is 1.47. The lowest BCUT2D eigenvalue weighted by Crippen LogP contribution is -2.24. The van der Waals surface area contributed by atoms with Gasteiger partial charge in [0.2, 0.25) is 15.8 Å². The number of halogens is 1. The fraction of sp³-hybridized carbons (Fsp3) is 0.545. The van der Waals surface area contributed by atoms with E-state index in [0.717, 1.165) is 18.9 Å². The van der Waals surface area contributed by atoms with Crippen LogP contribution in [-0.2, 0) is 14.8 Å². The van der Waals surface area contributed by atoms with Crippen molar-refractivity contribution in [1.82, 2.24) is 4.72 Å². The monoisotopic (exact) mass is 369 g/mol. The van der Waals surface area contributed by atoms with Crippen LogP contribution in [0.4, 0.5) is 0 Å². The quantitative estimate of drug-likeness (QED) is 0.643. The molecule has 0 aromatic carbocycles. The van der Waals surface area contributed by atoms with Crippen molar-refractivity contribution < 1.29 is 27.5 Å². The number of carboxylic acids is 1. The first-order valence-corrected chi connectivity index (χ1v) is 8.17. The molecule has 0 aliphatic rings. The second-order valence-electron chi connectivity index (χ2n) is 4.00. The van der Waals surface area contributed by atoms with Crippen molar-refractivity contribution in [3.8, 4) is 0 Å². The van der Waals surface area contributed by atoms with Gasteiger partial charge in [0.05, 0.1) is 0 Å². The second kappa shape index (κ2) is 7.77. The van der Waals surface area contributed by atoms with E-state index in [-0.39, 0.29) is 16.1 Å². The molecule has 2 N–H and O–H groups in total. The average molecular weight is 370 g/mol. The zero-order chi connectivity index (χ0) is 15.2. The Balaban J connectivity index is 2.58. The van der Waals surface area contributed by atoms with E-state index in [0.29, 0.717) is 13.0 Å². The van der Waals surface area contributed by atoms with E-state index < -0.39 is 21.8 Å². The average Bonchev–Trinajstić information content (AvgIpc) is 2.77. The topological polar surface area (TPSA) is 106 Å². The Morgan fingerprint density at radius 3 is 2.70 bits per heavy atom. The highest BCUT2D eigenvalue weighted by molar-refractivity contribution is 9.10. The normalized spacial score (nSPS) is 11.7. The lowest BCUT2D eigenvalue weighted by molar-refractivity contribution is 0.0661. The number of ether oxygens (including phenoxy) is 1. The van der Waals surface area contributed by atoms with Gasteiger partial charge in [-0.05, 0) is 35.2 Å². The molecular weight excluding hydrogens is 354 g/mol. The summed E-state index contributed by atoms with van der Waals surface area (Å²) in [4.78, 5) is 10.5. The molecule has 7 nitrogen and oxygen atoms in total. The zero-order valence-corrected chi connectivity index (χ0v) is 13.3. The van der Waals surface area contributed by atoms with Crippen LogP contribution >= 0.6 is 15.9 Å². The van der Waals surface area contributed by atoms with Crippen LogP contribution in [0.5, 0.6) is 0 Å². The number of hydrogen-bond donors (Lipinski definition) is 2. The summed E-state index contributed by atoms with van der Waals surface area (Å²) in [5, 5.41) is 8.74. The predicted molar refractivity (Wildman–Crippen MR) is 74.3 cm³/mol. The molecule has 1 aromatic rings. The molecule has 0 spiro atoms. The van der Waals surface area contributed by atoms with Gasteiger partial charge in [0.15, 0.2) is 4.67 Å². The number of rotatable bonds is 9. The van der Waals surface area contributed by atoms with Crippen LogP contribution in [-0.4, -0.2) is 39.8 Å². The molecule has 0 radical (unpaired) electrons. The molecule has 114 valence electrons. The number of hydrogen-bond acceptors (Lipinski definition) is 5. The third-order valence-electron chi connectivity index (χ3n) is 2.47. The van der Waals surface area contributed by atoms with Gasteiger partial charge in [-0.2, -0.15) is 0 Å². The van der Waals surface area contributed by atoms with Crippen LogP contribution in [0, 0.1) is 0 Å². The van der Waals surface area contributed by atoms with Gasteiger partial charge in [-0.15, -0.1) is 0 Å². The lowest BCUT2D eigenvalue weighted by atomic mass is 10.2. The van der Waals surface area contributed by atoms with Crippen LogP contribution in [0.25, 0.3) is 0 Å². The molecule has 0 aliphatic carbocycles. The predicted octanol–water partition coefficient (Wildman–Crippen LogP) is 1.84. The number of carbonyl (C=O) groups is 1. The number of methoxy groups -OCH3 is 1. The molecule has 0 unspecified atom stereocenters. The van der Waals surface area contributed by atoms with Crippen molar-refractivity contribution in [3.05, 3.63) is 16.5 Å². The maximum atomic E-state index is 12.0. The smallest absolute Gasteiger partial charge is 0.371 e. The van der Waals surface area contributed by atoms with E-state index in [9.17, 15) is 13.2 Å². The summed E-state index contributed by atoms with van der Waals surface area (Å²) in [6.45, 7) is 0.911. The van der Waals surface area contributed by atoms with E-state index in [1.807, 2.05) is 0 Å². The minimum atomic E-state index is -3.78. The molecule has 0 atom stereocenters. The minimum Gasteiger partial charge on any atom is -0.475 e. The van der Waals surface area contributed by atoms with Gasteiger partial charge in [0.25, 0.3) is 0 Å². The number of carboxylic acid groups (broad SMARTS) is 1. The van der Waals surface area contributed by atoms with Crippen molar-refractivity contribution in [2.45, 2.75) is 24.2 Å². The van der Waals surface area contributed by atoms with E-state index >= 15 is 0 Å². The van der Waals surface area contributed by atoms with E-state index in [1.54, 1.807) is 7.11 Å². The molecule has 1 heterocycles. The molecule has 0 fully saturated rings. The SMILES string of the molecule is COCCCCCNS(=O)(=O)c1cc(C(=O)O)oc1Br. The first-order valence-electron chi connectivity index (χ1n) is 5.89. The minimum absolute atomic E-state index is 0.123. The first kappa shape index (κ1) is 17.2. The highest BCUT2D eigenvalue weighted by Gasteiger charge is 2.24. The third-order valence-corrected chi connectivity index (χ3v) is 4.79. The number of nitrogens with one attached hydrogen (secondary N) is 1. The van der Waals surface area contributed by atoms with Gasteiger partial charge in [-0.3, -0.25) is 0 Å². The molecule has 0 saturated carbocycles. The van der Waals surface area contributed by atoms with Crippen LogP contribution in [0.3, 0.4) is 0 Å². The summed E-state index contributed by atoms with van der Waals surface area (Å²) >= 11 is 2.90. The number of aromatic carboxylic acids is 1. The highest BCUT2D eigenvalue weighted by atomic mass is 79.9. The summed E-state index contributed by atoms with van der Waals surface area (Å²) in [6.07, 6.45) is 2.37. The van der Waals surface area contributed by atoms with Crippen molar-refractivity contribution in [2.24, 2.45) is 0 Å². The Labute approximate surface area is 125 Å². The Bertz CT molecular complexity index is 553. The van der Waals surface area contributed by atoms with E-state index in [1.165, 1.54) is 0 Å². The molecule has 0 amide bonds. The summed E-state index contributed by atoms with van der Waals surface area (Å²) in [7, 11) is -2.17. The standard InChI is InChI=1S/C11H16BrNO6S/c1-18-6-4-2-3-5-13-20(16,17)9-7-8(11(14)15)19-10(9)12/h7,13H,2-6H2,1H3,(H,14,15). The first-order chi connectivity index (χ1) is 9.38. The summed E-state index contributed by atoms with van der Waals surface area (Å²) in [6, 6.07) is 0.972. The lowest BCUT2D eigenvalue weighted by Gasteiger charge is -2.04. The molecule has 0 aliphatic heterocycles. The Hall–Kier alpha value is -0.900. The van der Waals surface area contributed by atoms with E-state index in [4.69, 9.17) is 14.3 Å². The maximum Gasteiger partial charge on any atom is 0.371 e. The van der Waals surface area contributed by atoms with Gasteiger partial charge < -0.3 is 14.3 Å². The van der Waals surface area contributed by atoms with Crippen LogP contribution in [0.2, 0.25) is 0 Å². The van der Waals surface area contributed by atoms with Gasteiger partial charge in [-0.1, -0.05) is 0 Å². The van der Waals surface area contributed by atoms with Crippen molar-refractivity contribution >= 4 is 31.9 Å². The fourth-order valence-corrected chi connectivity index (χ4v) is 3.49. The number of furan rings is 1. The second-order valence-corrected chi connectivity index (χ2v) is 6.46. The Morgan fingerprint density at radius 2 is 2.15 bits per heavy atom. The van der Waals surface area contributed by atoms with Crippen LogP contribution in [0.1, 0.15) is 29.8 Å². The van der Waals surface area contributed by atoms with Gasteiger partial charge in [-0.25, -0.2) is 17.9 Å². The van der Waals surface area contributed by atoms with Crippen LogP contribution in [0.15, 0.2) is 20.0 Å². The summed E-state index contributed by atoms with van der Waals surface area (Å²) in [5.74, 6) is -1.76. The largest absolute Gasteiger partial charge is 0.475 e. The third kappa shape index (κ3) is 4.89. The molecule has 1 rings (SSSR count). The Morgan fingerprint density at radius 1 is 1.45 bits per heavy atom. The number of unbranched alkanes of at least 4 members (excludes halogenated alkanes) is 2. The van der Waals surface area contributed by atoms with Crippen molar-refractivity contribution in [3.63, 3.8) is 0 Å². The van der Waals surface area contributed by atoms with Gasteiger partial charge >= 0.3 is 5.97 Å². The van der Waals surface area contributed by atoms with Crippen molar-refractivity contribution in [1.29, 1.82) is 0 Å². The molecule has 0 saturated heterocycles. The molecule has 9 heteroatoms. The van der Waals surface area contributed by atoms with E-state index in [2.05, 4.69) is 20.7 Å².